The van der Waals surface area contributed by atoms with Crippen molar-refractivity contribution in [3.63, 3.8) is 0 Å². The van der Waals surface area contributed by atoms with E-state index in [2.05, 4.69) is 48.5 Å². The highest BCUT2D eigenvalue weighted by molar-refractivity contribution is 7.99. The highest BCUT2D eigenvalue weighted by Gasteiger charge is 2.22. The number of aryl methyl sites for hydroxylation is 2. The molecule has 0 aliphatic carbocycles. The second kappa shape index (κ2) is 4.71. The first-order valence-electron chi connectivity index (χ1n) is 6.41. The number of rotatable bonds is 3. The van der Waals surface area contributed by atoms with E-state index in [9.17, 15) is 0 Å². The summed E-state index contributed by atoms with van der Waals surface area (Å²) in [4.78, 5) is 8.88. The van der Waals surface area contributed by atoms with Gasteiger partial charge in [-0.15, -0.1) is 0 Å². The summed E-state index contributed by atoms with van der Waals surface area (Å²) in [6.45, 7) is 11.5. The Labute approximate surface area is 118 Å². The summed E-state index contributed by atoms with van der Waals surface area (Å²) in [5, 5.41) is 1.00. The standard InChI is InChI=1S/C14H22N4S/c1-8-9(2)18(7-14(4,5)19-6)13-11(8)12(15)16-10(3)17-13/h7H2,1-6H3,(H2,15,16,17). The van der Waals surface area contributed by atoms with Gasteiger partial charge in [-0.3, -0.25) is 0 Å². The van der Waals surface area contributed by atoms with E-state index in [0.29, 0.717) is 5.82 Å². The molecule has 5 heteroatoms. The van der Waals surface area contributed by atoms with Crippen molar-refractivity contribution >= 4 is 28.6 Å². The van der Waals surface area contributed by atoms with Crippen LogP contribution in [0.2, 0.25) is 0 Å². The van der Waals surface area contributed by atoms with Crippen molar-refractivity contribution < 1.29 is 0 Å². The van der Waals surface area contributed by atoms with Gasteiger partial charge in [0.1, 0.15) is 17.3 Å². The zero-order chi connectivity index (χ0) is 14.4. The van der Waals surface area contributed by atoms with E-state index in [-0.39, 0.29) is 4.75 Å². The fourth-order valence-corrected chi connectivity index (χ4v) is 2.57. The minimum absolute atomic E-state index is 0.163. The molecule has 2 rings (SSSR count). The SMILES string of the molecule is CSC(C)(C)Cn1c(C)c(C)c2c(N)nc(C)nc21. The van der Waals surface area contributed by atoms with Crippen LogP contribution in [0.25, 0.3) is 11.0 Å². The van der Waals surface area contributed by atoms with E-state index in [1.165, 1.54) is 11.3 Å². The van der Waals surface area contributed by atoms with Crippen LogP contribution in [-0.2, 0) is 6.54 Å². The highest BCUT2D eigenvalue weighted by atomic mass is 32.2. The highest BCUT2D eigenvalue weighted by Crippen LogP contribution is 2.31. The Morgan fingerprint density at radius 2 is 1.84 bits per heavy atom. The number of fused-ring (bicyclic) bond motifs is 1. The fraction of sp³-hybridized carbons (Fsp3) is 0.571. The first-order valence-corrected chi connectivity index (χ1v) is 7.64. The van der Waals surface area contributed by atoms with E-state index in [1.807, 2.05) is 18.7 Å². The molecule has 104 valence electrons. The summed E-state index contributed by atoms with van der Waals surface area (Å²) in [7, 11) is 0. The number of aromatic nitrogens is 3. The van der Waals surface area contributed by atoms with Crippen LogP contribution < -0.4 is 5.73 Å². The van der Waals surface area contributed by atoms with Gasteiger partial charge in [0, 0.05) is 17.0 Å². The van der Waals surface area contributed by atoms with Gasteiger partial charge in [0.15, 0.2) is 0 Å². The van der Waals surface area contributed by atoms with Crippen LogP contribution in [-0.4, -0.2) is 25.5 Å². The van der Waals surface area contributed by atoms with Gasteiger partial charge in [-0.2, -0.15) is 11.8 Å². The Kier molecular flexibility index (Phi) is 3.51. The van der Waals surface area contributed by atoms with Crippen LogP contribution in [0.3, 0.4) is 0 Å². The minimum Gasteiger partial charge on any atom is -0.383 e. The second-order valence-corrected chi connectivity index (χ2v) is 7.13. The zero-order valence-corrected chi connectivity index (χ0v) is 13.4. The van der Waals surface area contributed by atoms with Crippen molar-refractivity contribution in [2.75, 3.05) is 12.0 Å². The molecule has 2 heterocycles. The molecule has 0 unspecified atom stereocenters. The number of nitrogens with two attached hydrogens (primary N) is 1. The summed E-state index contributed by atoms with van der Waals surface area (Å²) in [6.07, 6.45) is 2.14. The molecule has 0 bridgehead atoms. The maximum atomic E-state index is 6.07. The van der Waals surface area contributed by atoms with E-state index in [1.54, 1.807) is 0 Å². The molecule has 0 fully saturated rings. The molecule has 4 nitrogen and oxygen atoms in total. The average Bonchev–Trinajstić information content (AvgIpc) is 2.54. The average molecular weight is 278 g/mol. The number of hydrogen-bond acceptors (Lipinski definition) is 4. The number of hydrogen-bond donors (Lipinski definition) is 1. The Bertz CT molecular complexity index is 628. The molecule has 0 saturated heterocycles. The number of nitrogen functional groups attached to an aromatic ring is 1. The van der Waals surface area contributed by atoms with Crippen LogP contribution in [0, 0.1) is 20.8 Å². The molecule has 0 atom stereocenters. The molecule has 2 aromatic rings. The van der Waals surface area contributed by atoms with Gasteiger partial charge in [-0.25, -0.2) is 9.97 Å². The maximum Gasteiger partial charge on any atom is 0.146 e. The molecule has 0 radical (unpaired) electrons. The minimum atomic E-state index is 0.163. The smallest absolute Gasteiger partial charge is 0.146 e. The lowest BCUT2D eigenvalue weighted by molar-refractivity contribution is 0.569. The molecule has 0 aliphatic heterocycles. The third kappa shape index (κ3) is 2.43. The Morgan fingerprint density at radius 1 is 1.21 bits per heavy atom. The quantitative estimate of drug-likeness (QED) is 0.937. The Morgan fingerprint density at radius 3 is 2.42 bits per heavy atom. The zero-order valence-electron chi connectivity index (χ0n) is 12.5. The van der Waals surface area contributed by atoms with E-state index in [4.69, 9.17) is 5.73 Å². The van der Waals surface area contributed by atoms with Crippen LogP contribution in [0.4, 0.5) is 5.82 Å². The van der Waals surface area contributed by atoms with Gasteiger partial charge in [0.2, 0.25) is 0 Å². The normalized spacial score (nSPS) is 12.3. The van der Waals surface area contributed by atoms with Gasteiger partial charge >= 0.3 is 0 Å². The Hall–Kier alpha value is -1.23. The van der Waals surface area contributed by atoms with Crippen LogP contribution in [0.5, 0.6) is 0 Å². The first-order chi connectivity index (χ1) is 8.76. The molecule has 2 N–H and O–H groups in total. The van der Waals surface area contributed by atoms with Gasteiger partial charge in [-0.1, -0.05) is 0 Å². The predicted molar refractivity (Wildman–Crippen MR) is 83.7 cm³/mol. The van der Waals surface area contributed by atoms with Crippen molar-refractivity contribution in [2.24, 2.45) is 0 Å². The summed E-state index contributed by atoms with van der Waals surface area (Å²) < 4.78 is 2.43. The van der Waals surface area contributed by atoms with E-state index >= 15 is 0 Å². The third-order valence-corrected chi connectivity index (χ3v) is 4.93. The molecule has 0 aliphatic rings. The maximum absolute atomic E-state index is 6.07. The fourth-order valence-electron chi connectivity index (χ4n) is 2.32. The lowest BCUT2D eigenvalue weighted by atomic mass is 10.2. The van der Waals surface area contributed by atoms with Crippen molar-refractivity contribution in [3.05, 3.63) is 17.1 Å². The van der Waals surface area contributed by atoms with Gasteiger partial charge in [0.25, 0.3) is 0 Å². The molecular formula is C14H22N4S. The lowest BCUT2D eigenvalue weighted by Gasteiger charge is -2.24. The molecular weight excluding hydrogens is 256 g/mol. The molecule has 0 aromatic carbocycles. The summed E-state index contributed by atoms with van der Waals surface area (Å²) in [6, 6.07) is 0. The molecule has 2 aromatic heterocycles. The van der Waals surface area contributed by atoms with Crippen LogP contribution in [0.15, 0.2) is 0 Å². The molecule has 19 heavy (non-hydrogen) atoms. The van der Waals surface area contributed by atoms with Gasteiger partial charge in [0.05, 0.1) is 5.39 Å². The topological polar surface area (TPSA) is 56.7 Å². The van der Waals surface area contributed by atoms with Crippen molar-refractivity contribution in [3.8, 4) is 0 Å². The van der Waals surface area contributed by atoms with Gasteiger partial charge in [-0.05, 0) is 46.4 Å². The number of anilines is 1. The molecule has 0 amide bonds. The lowest BCUT2D eigenvalue weighted by Crippen LogP contribution is -2.23. The summed E-state index contributed by atoms with van der Waals surface area (Å²) in [5.74, 6) is 1.31. The molecule has 0 saturated carbocycles. The summed E-state index contributed by atoms with van der Waals surface area (Å²) >= 11 is 1.86. The molecule has 0 spiro atoms. The monoisotopic (exact) mass is 278 g/mol. The van der Waals surface area contributed by atoms with Crippen molar-refractivity contribution in [2.45, 2.75) is 45.9 Å². The first kappa shape index (κ1) is 14.2. The number of nitrogens with zero attached hydrogens (tertiary/aromatic N) is 3. The van der Waals surface area contributed by atoms with E-state index < -0.39 is 0 Å². The van der Waals surface area contributed by atoms with Crippen LogP contribution >= 0.6 is 11.8 Å². The largest absolute Gasteiger partial charge is 0.383 e. The Balaban J connectivity index is 2.71. The van der Waals surface area contributed by atoms with E-state index in [0.717, 1.165) is 23.4 Å². The summed E-state index contributed by atoms with van der Waals surface area (Å²) in [5.41, 5.74) is 9.44. The number of thioether (sulfide) groups is 1. The van der Waals surface area contributed by atoms with Gasteiger partial charge < -0.3 is 10.3 Å². The third-order valence-electron chi connectivity index (χ3n) is 3.70. The van der Waals surface area contributed by atoms with Crippen LogP contribution in [0.1, 0.15) is 30.9 Å². The second-order valence-electron chi connectivity index (χ2n) is 5.62. The predicted octanol–water partition coefficient (Wildman–Crippen LogP) is 3.08. The van der Waals surface area contributed by atoms with Crippen molar-refractivity contribution in [1.82, 2.24) is 14.5 Å². The van der Waals surface area contributed by atoms with Crippen molar-refractivity contribution in [1.29, 1.82) is 0 Å².